The molecule has 0 saturated carbocycles. The van der Waals surface area contributed by atoms with E-state index in [9.17, 15) is 9.18 Å². The van der Waals surface area contributed by atoms with Crippen LogP contribution >= 0.6 is 23.2 Å². The van der Waals surface area contributed by atoms with Crippen LogP contribution in [-0.2, 0) is 6.61 Å². The second-order valence-electron chi connectivity index (χ2n) is 3.78. The Kier molecular flexibility index (Phi) is 4.40. The Bertz CT molecular complexity index is 614. The molecule has 2 aromatic carbocycles. The lowest BCUT2D eigenvalue weighted by Gasteiger charge is -2.11. The summed E-state index contributed by atoms with van der Waals surface area (Å²) in [6.07, 6.45) is 0.647. The number of aldehydes is 1. The molecule has 0 bridgehead atoms. The molecule has 2 rings (SSSR count). The minimum Gasteiger partial charge on any atom is -0.487 e. The van der Waals surface area contributed by atoms with Gasteiger partial charge in [-0.2, -0.15) is 0 Å². The van der Waals surface area contributed by atoms with E-state index in [1.165, 1.54) is 12.1 Å². The number of carbonyl (C=O) groups is 1. The molecular weight excluding hydrogens is 290 g/mol. The molecule has 0 spiro atoms. The Morgan fingerprint density at radius 3 is 2.63 bits per heavy atom. The van der Waals surface area contributed by atoms with Crippen molar-refractivity contribution in [2.75, 3.05) is 0 Å². The molecule has 0 radical (unpaired) electrons. The second kappa shape index (κ2) is 6.04. The van der Waals surface area contributed by atoms with Gasteiger partial charge in [-0.3, -0.25) is 4.79 Å². The Morgan fingerprint density at radius 1 is 1.16 bits per heavy atom. The number of rotatable bonds is 4. The fraction of sp³-hybridized carbons (Fsp3) is 0.0714. The molecule has 0 atom stereocenters. The molecule has 0 fully saturated rings. The molecular formula is C14H9Cl2FO2. The summed E-state index contributed by atoms with van der Waals surface area (Å²) in [5.74, 6) is -0.253. The highest BCUT2D eigenvalue weighted by Crippen LogP contribution is 2.29. The van der Waals surface area contributed by atoms with E-state index in [2.05, 4.69) is 0 Å². The smallest absolute Gasteiger partial charge is 0.153 e. The SMILES string of the molecule is O=Cc1cccc(Cl)c1OCc1cccc(F)c1Cl. The Morgan fingerprint density at radius 2 is 1.89 bits per heavy atom. The van der Waals surface area contributed by atoms with Crippen molar-refractivity contribution >= 4 is 29.5 Å². The normalized spacial score (nSPS) is 10.3. The van der Waals surface area contributed by atoms with Crippen molar-refractivity contribution < 1.29 is 13.9 Å². The first-order valence-electron chi connectivity index (χ1n) is 5.43. The van der Waals surface area contributed by atoms with Crippen LogP contribution < -0.4 is 4.74 Å². The summed E-state index contributed by atoms with van der Waals surface area (Å²) < 4.78 is 18.7. The fourth-order valence-corrected chi connectivity index (χ4v) is 2.00. The molecule has 0 aliphatic heterocycles. The molecule has 2 nitrogen and oxygen atoms in total. The van der Waals surface area contributed by atoms with E-state index >= 15 is 0 Å². The molecule has 98 valence electrons. The minimum atomic E-state index is -0.516. The van der Waals surface area contributed by atoms with E-state index in [1.807, 2.05) is 0 Å². The summed E-state index contributed by atoms with van der Waals surface area (Å²) in [6, 6.07) is 9.28. The molecule has 0 aliphatic rings. The Labute approximate surface area is 119 Å². The minimum absolute atomic E-state index is 0.00204. The van der Waals surface area contributed by atoms with Gasteiger partial charge in [-0.05, 0) is 18.2 Å². The van der Waals surface area contributed by atoms with Crippen LogP contribution in [0.5, 0.6) is 5.75 Å². The highest BCUT2D eigenvalue weighted by atomic mass is 35.5. The molecule has 0 heterocycles. The predicted octanol–water partition coefficient (Wildman–Crippen LogP) is 4.52. The number of para-hydroxylation sites is 1. The Hall–Kier alpha value is -1.58. The fourth-order valence-electron chi connectivity index (χ4n) is 1.58. The van der Waals surface area contributed by atoms with Gasteiger partial charge >= 0.3 is 0 Å². The van der Waals surface area contributed by atoms with Gasteiger partial charge in [0.15, 0.2) is 6.29 Å². The van der Waals surface area contributed by atoms with Gasteiger partial charge in [-0.1, -0.05) is 41.4 Å². The summed E-state index contributed by atoms with van der Waals surface area (Å²) >= 11 is 11.8. The third kappa shape index (κ3) is 3.06. The Balaban J connectivity index is 2.24. The maximum atomic E-state index is 13.3. The molecule has 0 amide bonds. The van der Waals surface area contributed by atoms with Crippen LogP contribution in [0, 0.1) is 5.82 Å². The lowest BCUT2D eigenvalue weighted by Crippen LogP contribution is -2.00. The average molecular weight is 299 g/mol. The summed E-state index contributed by atoms with van der Waals surface area (Å²) in [4.78, 5) is 10.9. The lowest BCUT2D eigenvalue weighted by atomic mass is 10.2. The second-order valence-corrected chi connectivity index (χ2v) is 4.56. The van der Waals surface area contributed by atoms with Crippen molar-refractivity contribution in [3.8, 4) is 5.75 Å². The third-order valence-electron chi connectivity index (χ3n) is 2.53. The van der Waals surface area contributed by atoms with Gasteiger partial charge < -0.3 is 4.74 Å². The standard InChI is InChI=1S/C14H9Cl2FO2/c15-11-5-1-3-9(7-18)14(11)19-8-10-4-2-6-12(17)13(10)16/h1-7H,8H2. The number of halogens is 3. The van der Waals surface area contributed by atoms with E-state index in [0.29, 0.717) is 22.4 Å². The number of hydrogen-bond donors (Lipinski definition) is 0. The van der Waals surface area contributed by atoms with Crippen LogP contribution in [-0.4, -0.2) is 6.29 Å². The number of benzene rings is 2. The molecule has 0 aromatic heterocycles. The summed E-state index contributed by atoms with van der Waals surface area (Å²) in [7, 11) is 0. The first-order valence-corrected chi connectivity index (χ1v) is 6.18. The van der Waals surface area contributed by atoms with Gasteiger partial charge in [0.1, 0.15) is 18.2 Å². The van der Waals surface area contributed by atoms with Crippen LogP contribution in [0.25, 0.3) is 0 Å². The van der Waals surface area contributed by atoms with Crippen molar-refractivity contribution in [3.05, 3.63) is 63.4 Å². The van der Waals surface area contributed by atoms with E-state index in [-0.39, 0.29) is 17.4 Å². The first-order chi connectivity index (χ1) is 9.13. The zero-order chi connectivity index (χ0) is 13.8. The van der Waals surface area contributed by atoms with Crippen LogP contribution in [0.1, 0.15) is 15.9 Å². The highest BCUT2D eigenvalue weighted by molar-refractivity contribution is 6.32. The molecule has 2 aromatic rings. The van der Waals surface area contributed by atoms with Crippen molar-refractivity contribution in [1.82, 2.24) is 0 Å². The van der Waals surface area contributed by atoms with Crippen molar-refractivity contribution in [2.24, 2.45) is 0 Å². The van der Waals surface area contributed by atoms with Gasteiger partial charge in [0.05, 0.1) is 15.6 Å². The summed E-state index contributed by atoms with van der Waals surface area (Å²) in [5, 5.41) is 0.319. The van der Waals surface area contributed by atoms with Crippen LogP contribution in [0.3, 0.4) is 0 Å². The first kappa shape index (κ1) is 13.8. The van der Waals surface area contributed by atoms with E-state index in [4.69, 9.17) is 27.9 Å². The van der Waals surface area contributed by atoms with Crippen LogP contribution in [0.4, 0.5) is 4.39 Å². The summed E-state index contributed by atoms with van der Waals surface area (Å²) in [6.45, 7) is 0.0289. The third-order valence-corrected chi connectivity index (χ3v) is 3.25. The quantitative estimate of drug-likeness (QED) is 0.776. The van der Waals surface area contributed by atoms with E-state index < -0.39 is 5.82 Å². The maximum Gasteiger partial charge on any atom is 0.153 e. The van der Waals surface area contributed by atoms with E-state index in [1.54, 1.807) is 24.3 Å². The average Bonchev–Trinajstić information content (AvgIpc) is 2.41. The molecule has 0 aliphatic carbocycles. The zero-order valence-corrected chi connectivity index (χ0v) is 11.2. The van der Waals surface area contributed by atoms with Gasteiger partial charge in [0.2, 0.25) is 0 Å². The highest BCUT2D eigenvalue weighted by Gasteiger charge is 2.10. The van der Waals surface area contributed by atoms with Crippen molar-refractivity contribution in [3.63, 3.8) is 0 Å². The van der Waals surface area contributed by atoms with Crippen molar-refractivity contribution in [2.45, 2.75) is 6.61 Å². The molecule has 19 heavy (non-hydrogen) atoms. The number of carbonyl (C=O) groups excluding carboxylic acids is 1. The van der Waals surface area contributed by atoms with Crippen molar-refractivity contribution in [1.29, 1.82) is 0 Å². The molecule has 0 saturated heterocycles. The van der Waals surface area contributed by atoms with Crippen LogP contribution in [0.15, 0.2) is 36.4 Å². The number of hydrogen-bond acceptors (Lipinski definition) is 2. The van der Waals surface area contributed by atoms with Gasteiger partial charge in [0, 0.05) is 5.56 Å². The van der Waals surface area contributed by atoms with Crippen LogP contribution in [0.2, 0.25) is 10.0 Å². The topological polar surface area (TPSA) is 26.3 Å². The molecule has 0 N–H and O–H groups in total. The zero-order valence-electron chi connectivity index (χ0n) is 9.70. The summed E-state index contributed by atoms with van der Waals surface area (Å²) in [5.41, 5.74) is 0.818. The molecule has 5 heteroatoms. The van der Waals surface area contributed by atoms with Gasteiger partial charge in [-0.15, -0.1) is 0 Å². The largest absolute Gasteiger partial charge is 0.487 e. The number of ether oxygens (including phenoxy) is 1. The monoisotopic (exact) mass is 298 g/mol. The van der Waals surface area contributed by atoms with E-state index in [0.717, 1.165) is 0 Å². The lowest BCUT2D eigenvalue weighted by molar-refractivity contribution is 0.111. The molecule has 0 unspecified atom stereocenters. The van der Waals surface area contributed by atoms with Gasteiger partial charge in [0.25, 0.3) is 0 Å². The van der Waals surface area contributed by atoms with Gasteiger partial charge in [-0.25, -0.2) is 4.39 Å². The predicted molar refractivity (Wildman–Crippen MR) is 72.6 cm³/mol. The maximum absolute atomic E-state index is 13.3.